The molecule has 1 unspecified atom stereocenters. The highest BCUT2D eigenvalue weighted by atomic mass is 16.6. The van der Waals surface area contributed by atoms with Crippen molar-refractivity contribution in [2.24, 2.45) is 0 Å². The predicted octanol–water partition coefficient (Wildman–Crippen LogP) is 20.5. The molecular weight excluding hydrogens is 837 g/mol. The van der Waals surface area contributed by atoms with Crippen LogP contribution in [0.2, 0.25) is 0 Å². The van der Waals surface area contributed by atoms with Crippen molar-refractivity contribution in [2.45, 2.75) is 309 Å². The van der Waals surface area contributed by atoms with Gasteiger partial charge in [-0.1, -0.05) is 261 Å². The molecule has 0 bridgehead atoms. The van der Waals surface area contributed by atoms with Crippen LogP contribution in [0.5, 0.6) is 0 Å². The molecule has 0 heterocycles. The second-order valence-electron chi connectivity index (χ2n) is 19.9. The van der Waals surface area contributed by atoms with Crippen LogP contribution in [-0.4, -0.2) is 37.9 Å². The molecule has 0 saturated carbocycles. The van der Waals surface area contributed by atoms with Crippen LogP contribution in [0.25, 0.3) is 0 Å². The molecule has 0 aromatic rings. The van der Waals surface area contributed by atoms with Gasteiger partial charge in [0.15, 0.2) is 6.10 Å². The lowest BCUT2D eigenvalue weighted by Crippen LogP contribution is -2.30. The maximum Gasteiger partial charge on any atom is 0.306 e. The molecule has 396 valence electrons. The van der Waals surface area contributed by atoms with Crippen molar-refractivity contribution in [1.82, 2.24) is 0 Å². The molecule has 5 heteroatoms. The third-order valence-electron chi connectivity index (χ3n) is 13.0. The Morgan fingerprint density at radius 3 is 1.01 bits per heavy atom. The van der Waals surface area contributed by atoms with Crippen LogP contribution in [0.4, 0.5) is 0 Å². The topological polar surface area (TPSA) is 61.8 Å². The Morgan fingerprint density at radius 2 is 0.618 bits per heavy atom. The highest BCUT2D eigenvalue weighted by molar-refractivity contribution is 5.70. The van der Waals surface area contributed by atoms with Crippen molar-refractivity contribution in [3.8, 4) is 0 Å². The SMILES string of the molecule is CCCCC/C=C\C/C=C\C/C=C\CCCCCCCCCOCC(COC(=O)CCCCCCCCCCC/C=C\C/C=C\CCCCC)OC(=O)CCCCCCCCCCCCCCC. The fourth-order valence-corrected chi connectivity index (χ4v) is 8.55. The van der Waals surface area contributed by atoms with E-state index >= 15 is 0 Å². The summed E-state index contributed by atoms with van der Waals surface area (Å²) in [6.45, 7) is 7.79. The zero-order valence-corrected chi connectivity index (χ0v) is 45.6. The molecule has 0 saturated heterocycles. The summed E-state index contributed by atoms with van der Waals surface area (Å²) in [5, 5.41) is 0. The van der Waals surface area contributed by atoms with Gasteiger partial charge in [0.1, 0.15) is 6.61 Å². The maximum absolute atomic E-state index is 12.9. The standard InChI is InChI=1S/C63H114O5/c1-4-7-10-13-16-19-22-25-27-29-31-33-35-37-40-43-46-49-52-55-58-66-59-61(68-63(65)57-54-51-48-45-42-38-24-21-18-15-12-9-6-3)60-67-62(64)56-53-50-47-44-41-39-36-34-32-30-28-26-23-20-17-14-11-8-5-2/h16-17,19-20,25-28,31,33,61H,4-15,18,21-24,29-30,32,34-60H2,1-3H3/b19-16-,20-17-,27-25-,28-26-,33-31-. The van der Waals surface area contributed by atoms with Crippen molar-refractivity contribution in [2.75, 3.05) is 19.8 Å². The van der Waals surface area contributed by atoms with Crippen LogP contribution >= 0.6 is 0 Å². The molecule has 5 nitrogen and oxygen atoms in total. The number of allylic oxidation sites excluding steroid dienone is 10. The highest BCUT2D eigenvalue weighted by Gasteiger charge is 2.17. The van der Waals surface area contributed by atoms with E-state index in [9.17, 15) is 9.59 Å². The van der Waals surface area contributed by atoms with E-state index in [4.69, 9.17) is 14.2 Å². The largest absolute Gasteiger partial charge is 0.462 e. The van der Waals surface area contributed by atoms with Gasteiger partial charge in [-0.3, -0.25) is 9.59 Å². The lowest BCUT2D eigenvalue weighted by Gasteiger charge is -2.18. The summed E-state index contributed by atoms with van der Waals surface area (Å²) in [6, 6.07) is 0. The fraction of sp³-hybridized carbons (Fsp3) is 0.810. The zero-order chi connectivity index (χ0) is 49.2. The number of carbonyl (C=O) groups is 2. The van der Waals surface area contributed by atoms with Crippen molar-refractivity contribution in [3.63, 3.8) is 0 Å². The Kier molecular flexibility index (Phi) is 56.8. The summed E-state index contributed by atoms with van der Waals surface area (Å²) in [6.07, 6.45) is 75.2. The number of hydrogen-bond acceptors (Lipinski definition) is 5. The second-order valence-corrected chi connectivity index (χ2v) is 19.9. The van der Waals surface area contributed by atoms with Gasteiger partial charge in [-0.2, -0.15) is 0 Å². The van der Waals surface area contributed by atoms with Crippen LogP contribution < -0.4 is 0 Å². The molecule has 0 aromatic heterocycles. The molecular formula is C63H114O5. The summed E-state index contributed by atoms with van der Waals surface area (Å²) in [5.41, 5.74) is 0. The first kappa shape index (κ1) is 65.6. The molecule has 0 aliphatic carbocycles. The smallest absolute Gasteiger partial charge is 0.306 e. The van der Waals surface area contributed by atoms with Gasteiger partial charge in [-0.05, 0) is 89.9 Å². The zero-order valence-electron chi connectivity index (χ0n) is 45.6. The summed E-state index contributed by atoms with van der Waals surface area (Å²) >= 11 is 0. The Balaban J connectivity index is 4.25. The fourth-order valence-electron chi connectivity index (χ4n) is 8.55. The number of hydrogen-bond donors (Lipinski definition) is 0. The molecule has 68 heavy (non-hydrogen) atoms. The second kappa shape index (κ2) is 58.9. The van der Waals surface area contributed by atoms with Crippen molar-refractivity contribution in [3.05, 3.63) is 60.8 Å². The van der Waals surface area contributed by atoms with E-state index in [1.165, 1.54) is 212 Å². The average Bonchev–Trinajstić information content (AvgIpc) is 3.34. The van der Waals surface area contributed by atoms with E-state index in [1.807, 2.05) is 0 Å². The van der Waals surface area contributed by atoms with Crippen molar-refractivity contribution in [1.29, 1.82) is 0 Å². The summed E-state index contributed by atoms with van der Waals surface area (Å²) in [7, 11) is 0. The summed E-state index contributed by atoms with van der Waals surface area (Å²) < 4.78 is 17.5. The molecule has 0 aliphatic heterocycles. The van der Waals surface area contributed by atoms with E-state index in [0.29, 0.717) is 19.4 Å². The molecule has 0 spiro atoms. The lowest BCUT2D eigenvalue weighted by molar-refractivity contribution is -0.163. The minimum atomic E-state index is -0.543. The third-order valence-corrected chi connectivity index (χ3v) is 13.0. The van der Waals surface area contributed by atoms with Gasteiger partial charge in [0.25, 0.3) is 0 Å². The normalized spacial score (nSPS) is 12.6. The van der Waals surface area contributed by atoms with E-state index in [2.05, 4.69) is 81.5 Å². The lowest BCUT2D eigenvalue weighted by atomic mass is 10.0. The van der Waals surface area contributed by atoms with Crippen LogP contribution in [-0.2, 0) is 23.8 Å². The van der Waals surface area contributed by atoms with Crippen LogP contribution in [0, 0.1) is 0 Å². The monoisotopic (exact) mass is 951 g/mol. The van der Waals surface area contributed by atoms with Crippen molar-refractivity contribution < 1.29 is 23.8 Å². The molecule has 0 N–H and O–H groups in total. The van der Waals surface area contributed by atoms with Crippen LogP contribution in [0.3, 0.4) is 0 Å². The van der Waals surface area contributed by atoms with Gasteiger partial charge in [-0.25, -0.2) is 0 Å². The Morgan fingerprint density at radius 1 is 0.324 bits per heavy atom. The molecule has 0 aliphatic rings. The first-order chi connectivity index (χ1) is 33.6. The molecule has 0 amide bonds. The van der Waals surface area contributed by atoms with E-state index in [0.717, 1.165) is 57.8 Å². The molecule has 0 aromatic carbocycles. The molecule has 0 fully saturated rings. The van der Waals surface area contributed by atoms with Gasteiger partial charge in [0.2, 0.25) is 0 Å². The van der Waals surface area contributed by atoms with E-state index in [1.54, 1.807) is 0 Å². The third kappa shape index (κ3) is 56.2. The Bertz CT molecular complexity index is 1170. The first-order valence-corrected chi connectivity index (χ1v) is 29.8. The van der Waals surface area contributed by atoms with Gasteiger partial charge >= 0.3 is 11.9 Å². The predicted molar refractivity (Wildman–Crippen MR) is 298 cm³/mol. The van der Waals surface area contributed by atoms with Crippen molar-refractivity contribution >= 4 is 11.9 Å². The van der Waals surface area contributed by atoms with Gasteiger partial charge in [-0.15, -0.1) is 0 Å². The number of ether oxygens (including phenoxy) is 3. The number of esters is 2. The summed E-state index contributed by atoms with van der Waals surface area (Å²) in [5.74, 6) is -0.394. The van der Waals surface area contributed by atoms with Crippen LogP contribution in [0.1, 0.15) is 303 Å². The number of carbonyl (C=O) groups excluding carboxylic acids is 2. The number of rotatable bonds is 55. The minimum absolute atomic E-state index is 0.0812. The maximum atomic E-state index is 12.9. The Labute approximate surface area is 424 Å². The molecule has 0 rings (SSSR count). The summed E-state index contributed by atoms with van der Waals surface area (Å²) in [4.78, 5) is 25.5. The molecule has 1 atom stereocenters. The van der Waals surface area contributed by atoms with Crippen LogP contribution in [0.15, 0.2) is 60.8 Å². The van der Waals surface area contributed by atoms with E-state index < -0.39 is 6.10 Å². The quantitative estimate of drug-likeness (QED) is 0.0345. The van der Waals surface area contributed by atoms with Gasteiger partial charge in [0.05, 0.1) is 6.61 Å². The Hall–Kier alpha value is -2.40. The highest BCUT2D eigenvalue weighted by Crippen LogP contribution is 2.16. The molecule has 0 radical (unpaired) electrons. The van der Waals surface area contributed by atoms with Gasteiger partial charge in [0, 0.05) is 19.4 Å². The minimum Gasteiger partial charge on any atom is -0.462 e. The average molecular weight is 952 g/mol. The van der Waals surface area contributed by atoms with Gasteiger partial charge < -0.3 is 14.2 Å². The first-order valence-electron chi connectivity index (χ1n) is 29.8. The van der Waals surface area contributed by atoms with E-state index in [-0.39, 0.29) is 25.2 Å². The number of unbranched alkanes of at least 4 members (excludes halogenated alkanes) is 34.